The first-order chi connectivity index (χ1) is 12.0. The fourth-order valence-electron chi connectivity index (χ4n) is 2.77. The Labute approximate surface area is 151 Å². The van der Waals surface area contributed by atoms with Crippen molar-refractivity contribution < 1.29 is 14.3 Å². The molecule has 6 nitrogen and oxygen atoms in total. The molecule has 1 aliphatic heterocycles. The molecule has 0 radical (unpaired) electrons. The van der Waals surface area contributed by atoms with Gasteiger partial charge in [0.2, 0.25) is 5.91 Å². The number of carbonyl (C=O) groups is 1. The zero-order valence-electron chi connectivity index (χ0n) is 14.9. The van der Waals surface area contributed by atoms with Gasteiger partial charge in [-0.2, -0.15) is 0 Å². The van der Waals surface area contributed by atoms with Crippen LogP contribution in [-0.4, -0.2) is 31.7 Å². The number of nitrogens with zero attached hydrogens (tertiary/aromatic N) is 1. The summed E-state index contributed by atoms with van der Waals surface area (Å²) in [4.78, 5) is 17.6. The lowest BCUT2D eigenvalue weighted by Gasteiger charge is -2.23. The molecule has 0 aliphatic carbocycles. The lowest BCUT2D eigenvalue weighted by atomic mass is 9.91. The highest BCUT2D eigenvalue weighted by molar-refractivity contribution is 7.16. The van der Waals surface area contributed by atoms with E-state index in [-0.39, 0.29) is 11.8 Å². The van der Waals surface area contributed by atoms with Gasteiger partial charge in [0.05, 0.1) is 18.6 Å². The van der Waals surface area contributed by atoms with Gasteiger partial charge in [-0.3, -0.25) is 4.79 Å². The van der Waals surface area contributed by atoms with Crippen molar-refractivity contribution in [2.24, 2.45) is 5.92 Å². The van der Waals surface area contributed by atoms with Crippen molar-refractivity contribution >= 4 is 28.2 Å². The molecule has 0 spiro atoms. The molecule has 2 aromatic rings. The molecule has 1 aromatic carbocycles. The molecule has 7 heteroatoms. The summed E-state index contributed by atoms with van der Waals surface area (Å²) in [7, 11) is 3.46. The van der Waals surface area contributed by atoms with E-state index in [1.165, 1.54) is 0 Å². The summed E-state index contributed by atoms with van der Waals surface area (Å²) in [6.07, 6.45) is 0.397. The monoisotopic (exact) mass is 361 g/mol. The molecule has 2 N–H and O–H groups in total. The third-order valence-electron chi connectivity index (χ3n) is 3.99. The Hall–Kier alpha value is -2.28. The highest BCUT2D eigenvalue weighted by Crippen LogP contribution is 2.43. The number of thiazole rings is 1. The number of anilines is 2. The van der Waals surface area contributed by atoms with Crippen molar-refractivity contribution in [3.63, 3.8) is 0 Å². The molecule has 25 heavy (non-hydrogen) atoms. The Morgan fingerprint density at radius 2 is 2.20 bits per heavy atom. The van der Waals surface area contributed by atoms with Gasteiger partial charge in [0.25, 0.3) is 0 Å². The number of amides is 1. The van der Waals surface area contributed by atoms with E-state index in [9.17, 15) is 4.79 Å². The van der Waals surface area contributed by atoms with E-state index in [0.29, 0.717) is 36.3 Å². The topological polar surface area (TPSA) is 72.5 Å². The van der Waals surface area contributed by atoms with E-state index >= 15 is 0 Å². The predicted octanol–water partition coefficient (Wildman–Crippen LogP) is 3.70. The minimum Gasteiger partial charge on any atom is -0.493 e. The molecule has 0 fully saturated rings. The number of benzene rings is 1. The second-order valence-electron chi connectivity index (χ2n) is 6.40. The first-order valence-corrected chi connectivity index (χ1v) is 9.12. The first-order valence-electron chi connectivity index (χ1n) is 8.30. The van der Waals surface area contributed by atoms with Crippen molar-refractivity contribution in [2.45, 2.75) is 26.2 Å². The van der Waals surface area contributed by atoms with Gasteiger partial charge in [0.1, 0.15) is 5.82 Å². The minimum absolute atomic E-state index is 0.0223. The number of ether oxygens (including phenoxy) is 2. The molecule has 1 aromatic heterocycles. The number of hydrogen-bond donors (Lipinski definition) is 2. The van der Waals surface area contributed by atoms with E-state index in [1.54, 1.807) is 18.4 Å². The fraction of sp³-hybridized carbons (Fsp3) is 0.444. The zero-order chi connectivity index (χ0) is 18.0. The fourth-order valence-corrected chi connectivity index (χ4v) is 3.78. The van der Waals surface area contributed by atoms with Crippen LogP contribution in [0.5, 0.6) is 11.5 Å². The Morgan fingerprint density at radius 1 is 1.40 bits per heavy atom. The Morgan fingerprint density at radius 3 is 2.88 bits per heavy atom. The van der Waals surface area contributed by atoms with Crippen LogP contribution in [0.4, 0.5) is 10.9 Å². The molecule has 1 amide bonds. The van der Waals surface area contributed by atoms with Crippen LogP contribution in [-0.2, 0) is 4.79 Å². The summed E-state index contributed by atoms with van der Waals surface area (Å²) in [5, 5.41) is 6.69. The number of hydrogen-bond acceptors (Lipinski definition) is 6. The summed E-state index contributed by atoms with van der Waals surface area (Å²) < 4.78 is 11.3. The lowest BCUT2D eigenvalue weighted by Crippen LogP contribution is -2.22. The van der Waals surface area contributed by atoms with Crippen molar-refractivity contribution in [1.29, 1.82) is 0 Å². The molecule has 0 saturated heterocycles. The van der Waals surface area contributed by atoms with Gasteiger partial charge in [-0.1, -0.05) is 31.3 Å². The van der Waals surface area contributed by atoms with Crippen molar-refractivity contribution in [2.75, 3.05) is 31.4 Å². The van der Waals surface area contributed by atoms with Gasteiger partial charge in [-0.15, -0.1) is 0 Å². The summed E-state index contributed by atoms with van der Waals surface area (Å²) in [6, 6.07) is 5.87. The van der Waals surface area contributed by atoms with E-state index in [1.807, 2.05) is 25.2 Å². The highest BCUT2D eigenvalue weighted by atomic mass is 32.1. The second kappa shape index (κ2) is 7.31. The summed E-state index contributed by atoms with van der Waals surface area (Å²) >= 11 is 1.57. The average molecular weight is 361 g/mol. The van der Waals surface area contributed by atoms with Crippen LogP contribution in [0, 0.1) is 5.92 Å². The SMILES string of the molecule is CNc1nc2c(s1)[C@H](c1ccc(OC)c(OCC(C)C)c1)CC(=O)N2. The third-order valence-corrected chi connectivity index (χ3v) is 5.18. The second-order valence-corrected chi connectivity index (χ2v) is 7.43. The number of rotatable bonds is 6. The number of methoxy groups -OCH3 is 1. The van der Waals surface area contributed by atoms with Crippen molar-refractivity contribution in [3.8, 4) is 11.5 Å². The Balaban J connectivity index is 1.97. The Kier molecular flexibility index (Phi) is 5.13. The minimum atomic E-state index is -0.0318. The van der Waals surface area contributed by atoms with E-state index in [0.717, 1.165) is 15.6 Å². The lowest BCUT2D eigenvalue weighted by molar-refractivity contribution is -0.116. The van der Waals surface area contributed by atoms with E-state index < -0.39 is 0 Å². The molecular formula is C18H23N3O3S. The summed E-state index contributed by atoms with van der Waals surface area (Å²) in [6.45, 7) is 4.82. The van der Waals surface area contributed by atoms with Crippen LogP contribution in [0.25, 0.3) is 0 Å². The molecule has 0 unspecified atom stereocenters. The standard InChI is InChI=1S/C18H23N3O3S/c1-10(2)9-24-14-7-11(5-6-13(14)23-4)12-8-15(22)20-17-16(12)25-18(19-3)21-17/h5-7,10,12H,8-9H2,1-4H3,(H,19,21)(H,20,22)/t12-/m0/s1. The number of aromatic nitrogens is 1. The summed E-state index contributed by atoms with van der Waals surface area (Å²) in [5.41, 5.74) is 1.03. The van der Waals surface area contributed by atoms with Gasteiger partial charge in [-0.25, -0.2) is 4.98 Å². The van der Waals surface area contributed by atoms with Crippen molar-refractivity contribution in [1.82, 2.24) is 4.98 Å². The molecule has 2 heterocycles. The molecule has 134 valence electrons. The Bertz CT molecular complexity index is 773. The molecule has 0 bridgehead atoms. The van der Waals surface area contributed by atoms with E-state index in [4.69, 9.17) is 9.47 Å². The number of fused-ring (bicyclic) bond motifs is 1. The zero-order valence-corrected chi connectivity index (χ0v) is 15.7. The van der Waals surface area contributed by atoms with Crippen LogP contribution in [0.2, 0.25) is 0 Å². The first kappa shape index (κ1) is 17.5. The maximum absolute atomic E-state index is 12.1. The molecular weight excluding hydrogens is 338 g/mol. The quantitative estimate of drug-likeness (QED) is 0.821. The largest absolute Gasteiger partial charge is 0.493 e. The average Bonchev–Trinajstić information content (AvgIpc) is 3.01. The number of nitrogens with one attached hydrogen (secondary N) is 2. The normalized spacial score (nSPS) is 16.4. The van der Waals surface area contributed by atoms with E-state index in [2.05, 4.69) is 29.5 Å². The van der Waals surface area contributed by atoms with Gasteiger partial charge in [-0.05, 0) is 23.6 Å². The third kappa shape index (κ3) is 3.71. The molecule has 1 aliphatic rings. The van der Waals surface area contributed by atoms with Crippen LogP contribution < -0.4 is 20.1 Å². The van der Waals surface area contributed by atoms with Gasteiger partial charge >= 0.3 is 0 Å². The maximum Gasteiger partial charge on any atom is 0.226 e. The smallest absolute Gasteiger partial charge is 0.226 e. The summed E-state index contributed by atoms with van der Waals surface area (Å²) in [5.74, 6) is 2.42. The van der Waals surface area contributed by atoms with Crippen LogP contribution in [0.1, 0.15) is 36.6 Å². The van der Waals surface area contributed by atoms with Crippen LogP contribution >= 0.6 is 11.3 Å². The highest BCUT2D eigenvalue weighted by Gasteiger charge is 2.30. The number of carbonyl (C=O) groups excluding carboxylic acids is 1. The molecule has 1 atom stereocenters. The van der Waals surface area contributed by atoms with Gasteiger partial charge in [0.15, 0.2) is 16.6 Å². The molecule has 3 rings (SSSR count). The van der Waals surface area contributed by atoms with Gasteiger partial charge in [0, 0.05) is 19.4 Å². The predicted molar refractivity (Wildman–Crippen MR) is 100 cm³/mol. The van der Waals surface area contributed by atoms with Crippen LogP contribution in [0.15, 0.2) is 18.2 Å². The maximum atomic E-state index is 12.1. The van der Waals surface area contributed by atoms with Crippen LogP contribution in [0.3, 0.4) is 0 Å². The van der Waals surface area contributed by atoms with Crippen molar-refractivity contribution in [3.05, 3.63) is 28.6 Å². The van der Waals surface area contributed by atoms with Gasteiger partial charge < -0.3 is 20.1 Å². The molecule has 0 saturated carbocycles.